The summed E-state index contributed by atoms with van der Waals surface area (Å²) in [4.78, 5) is 33.7. The van der Waals surface area contributed by atoms with Gasteiger partial charge in [0.2, 0.25) is 0 Å². The van der Waals surface area contributed by atoms with Gasteiger partial charge in [-0.25, -0.2) is 9.37 Å². The topological polar surface area (TPSA) is 84.5 Å². The lowest BCUT2D eigenvalue weighted by molar-refractivity contribution is -0.0948. The number of rotatable bonds is 4. The fourth-order valence-electron chi connectivity index (χ4n) is 3.85. The second kappa shape index (κ2) is 7.71. The minimum Gasteiger partial charge on any atom is -0.486 e. The fourth-order valence-corrected chi connectivity index (χ4v) is 3.85. The van der Waals surface area contributed by atoms with Gasteiger partial charge in [-0.1, -0.05) is 12.8 Å². The number of halogens is 1. The zero-order valence-corrected chi connectivity index (χ0v) is 15.4. The molecule has 2 aromatic rings. The SMILES string of the molecule is O=C(c1cnc(COc2ccc(F)cc2)[nH]c1=O)N1CCOC2(CCCC2)C1. The second-order valence-electron chi connectivity index (χ2n) is 7.28. The van der Waals surface area contributed by atoms with Gasteiger partial charge in [0.1, 0.15) is 29.6 Å². The molecule has 1 amide bonds. The van der Waals surface area contributed by atoms with Crippen molar-refractivity contribution in [3.63, 3.8) is 0 Å². The van der Waals surface area contributed by atoms with Crippen LogP contribution in [0.4, 0.5) is 4.39 Å². The van der Waals surface area contributed by atoms with E-state index in [0.717, 1.165) is 25.7 Å². The molecular weight excluding hydrogens is 365 g/mol. The summed E-state index contributed by atoms with van der Waals surface area (Å²) >= 11 is 0. The van der Waals surface area contributed by atoms with E-state index >= 15 is 0 Å². The van der Waals surface area contributed by atoms with Crippen LogP contribution in [0.15, 0.2) is 35.3 Å². The van der Waals surface area contributed by atoms with Gasteiger partial charge in [-0.2, -0.15) is 0 Å². The van der Waals surface area contributed by atoms with Crippen molar-refractivity contribution < 1.29 is 18.7 Å². The van der Waals surface area contributed by atoms with E-state index in [9.17, 15) is 14.0 Å². The van der Waals surface area contributed by atoms with Crippen LogP contribution in [-0.2, 0) is 11.3 Å². The van der Waals surface area contributed by atoms with Crippen LogP contribution >= 0.6 is 0 Å². The maximum atomic E-state index is 12.9. The molecule has 0 bridgehead atoms. The Bertz CT molecular complexity index is 906. The van der Waals surface area contributed by atoms with Crippen LogP contribution < -0.4 is 10.3 Å². The Morgan fingerprint density at radius 1 is 1.29 bits per heavy atom. The molecule has 1 saturated heterocycles. The molecule has 1 spiro atoms. The second-order valence-corrected chi connectivity index (χ2v) is 7.28. The lowest BCUT2D eigenvalue weighted by Crippen LogP contribution is -2.53. The number of aromatic nitrogens is 2. The van der Waals surface area contributed by atoms with E-state index in [0.29, 0.717) is 31.3 Å². The van der Waals surface area contributed by atoms with E-state index in [2.05, 4.69) is 9.97 Å². The first-order valence-electron chi connectivity index (χ1n) is 9.44. The first-order valence-corrected chi connectivity index (χ1v) is 9.44. The number of hydrogen-bond donors (Lipinski definition) is 1. The molecule has 2 heterocycles. The largest absolute Gasteiger partial charge is 0.486 e. The van der Waals surface area contributed by atoms with Gasteiger partial charge in [0.05, 0.1) is 18.8 Å². The van der Waals surface area contributed by atoms with Gasteiger partial charge < -0.3 is 19.4 Å². The van der Waals surface area contributed by atoms with Crippen LogP contribution in [0.3, 0.4) is 0 Å². The Morgan fingerprint density at radius 3 is 2.75 bits per heavy atom. The van der Waals surface area contributed by atoms with Crippen LogP contribution in [0, 0.1) is 5.82 Å². The number of morpholine rings is 1. The van der Waals surface area contributed by atoms with Crippen molar-refractivity contribution in [2.24, 2.45) is 0 Å². The van der Waals surface area contributed by atoms with Gasteiger partial charge in [0, 0.05) is 12.7 Å². The minimum absolute atomic E-state index is 0.00993. The Labute approximate surface area is 161 Å². The smallest absolute Gasteiger partial charge is 0.263 e. The summed E-state index contributed by atoms with van der Waals surface area (Å²) < 4.78 is 24.3. The number of nitrogens with one attached hydrogen (secondary N) is 1. The maximum absolute atomic E-state index is 12.9. The normalized spacial score (nSPS) is 18.4. The minimum atomic E-state index is -0.496. The summed E-state index contributed by atoms with van der Waals surface area (Å²) in [6.07, 6.45) is 5.40. The number of benzene rings is 1. The Kier molecular flexibility index (Phi) is 5.13. The van der Waals surface area contributed by atoms with Crippen molar-refractivity contribution in [1.82, 2.24) is 14.9 Å². The number of hydrogen-bond acceptors (Lipinski definition) is 5. The molecule has 0 radical (unpaired) electrons. The monoisotopic (exact) mass is 387 g/mol. The summed E-state index contributed by atoms with van der Waals surface area (Å²) in [6, 6.07) is 5.55. The molecule has 1 aliphatic carbocycles. The summed E-state index contributed by atoms with van der Waals surface area (Å²) in [6.45, 7) is 1.48. The highest BCUT2D eigenvalue weighted by atomic mass is 19.1. The third-order valence-corrected chi connectivity index (χ3v) is 5.32. The number of nitrogens with zero attached hydrogens (tertiary/aromatic N) is 2. The van der Waals surface area contributed by atoms with E-state index in [4.69, 9.17) is 9.47 Å². The van der Waals surface area contributed by atoms with E-state index in [-0.39, 0.29) is 29.5 Å². The molecule has 1 aliphatic heterocycles. The van der Waals surface area contributed by atoms with E-state index in [1.54, 1.807) is 4.90 Å². The van der Waals surface area contributed by atoms with Crippen molar-refractivity contribution in [3.05, 3.63) is 58.0 Å². The average Bonchev–Trinajstić information content (AvgIpc) is 3.14. The lowest BCUT2D eigenvalue weighted by Gasteiger charge is -2.40. The molecule has 1 N–H and O–H groups in total. The van der Waals surface area contributed by atoms with E-state index in [1.165, 1.54) is 30.5 Å². The zero-order chi connectivity index (χ0) is 19.6. The van der Waals surface area contributed by atoms with Gasteiger partial charge in [-0.3, -0.25) is 9.59 Å². The van der Waals surface area contributed by atoms with Gasteiger partial charge in [0.25, 0.3) is 11.5 Å². The molecule has 7 nitrogen and oxygen atoms in total. The predicted molar refractivity (Wildman–Crippen MR) is 98.6 cm³/mol. The number of ether oxygens (including phenoxy) is 2. The van der Waals surface area contributed by atoms with Crippen molar-refractivity contribution in [3.8, 4) is 5.75 Å². The third-order valence-electron chi connectivity index (χ3n) is 5.32. The molecule has 1 aromatic heterocycles. The Morgan fingerprint density at radius 2 is 2.04 bits per heavy atom. The highest BCUT2D eigenvalue weighted by Crippen LogP contribution is 2.36. The molecule has 8 heteroatoms. The van der Waals surface area contributed by atoms with Gasteiger partial charge in [-0.15, -0.1) is 0 Å². The molecule has 28 heavy (non-hydrogen) atoms. The molecule has 0 unspecified atom stereocenters. The van der Waals surface area contributed by atoms with Gasteiger partial charge in [0.15, 0.2) is 0 Å². The first kappa shape index (κ1) is 18.6. The van der Waals surface area contributed by atoms with Crippen LogP contribution in [0.2, 0.25) is 0 Å². The quantitative estimate of drug-likeness (QED) is 0.870. The fraction of sp³-hybridized carbons (Fsp3) is 0.450. The summed E-state index contributed by atoms with van der Waals surface area (Å²) in [5.41, 5.74) is -0.734. The summed E-state index contributed by atoms with van der Waals surface area (Å²) in [5, 5.41) is 0. The zero-order valence-electron chi connectivity index (χ0n) is 15.4. The molecule has 148 valence electrons. The standard InChI is InChI=1S/C20H22FN3O4/c21-14-3-5-15(6-4-14)27-12-17-22-11-16(18(25)23-17)19(26)24-9-10-28-20(13-24)7-1-2-8-20/h3-6,11H,1-2,7-10,12-13H2,(H,22,23,25). The number of amides is 1. The molecule has 1 aromatic carbocycles. The average molecular weight is 387 g/mol. The third kappa shape index (κ3) is 3.91. The van der Waals surface area contributed by atoms with Crippen LogP contribution in [0.1, 0.15) is 41.9 Å². The number of H-pyrrole nitrogens is 1. The molecule has 2 aliphatic rings. The molecule has 2 fully saturated rings. The molecule has 4 rings (SSSR count). The maximum Gasteiger partial charge on any atom is 0.263 e. The van der Waals surface area contributed by atoms with Crippen molar-refractivity contribution in [1.29, 1.82) is 0 Å². The number of carbonyl (C=O) groups excluding carboxylic acids is 1. The lowest BCUT2D eigenvalue weighted by atomic mass is 9.99. The van der Waals surface area contributed by atoms with E-state index < -0.39 is 5.56 Å². The molecular formula is C20H22FN3O4. The summed E-state index contributed by atoms with van der Waals surface area (Å²) in [7, 11) is 0. The molecule has 0 atom stereocenters. The Balaban J connectivity index is 1.43. The van der Waals surface area contributed by atoms with Gasteiger partial charge in [-0.05, 0) is 37.1 Å². The van der Waals surface area contributed by atoms with Crippen molar-refractivity contribution in [2.45, 2.75) is 37.9 Å². The van der Waals surface area contributed by atoms with Crippen molar-refractivity contribution in [2.75, 3.05) is 19.7 Å². The highest BCUT2D eigenvalue weighted by molar-refractivity contribution is 5.93. The van der Waals surface area contributed by atoms with Gasteiger partial charge >= 0.3 is 0 Å². The first-order chi connectivity index (χ1) is 13.5. The molecule has 1 saturated carbocycles. The van der Waals surface area contributed by atoms with Crippen molar-refractivity contribution >= 4 is 5.91 Å². The van der Waals surface area contributed by atoms with E-state index in [1.807, 2.05) is 0 Å². The van der Waals surface area contributed by atoms with Crippen LogP contribution in [-0.4, -0.2) is 46.1 Å². The number of aromatic amines is 1. The predicted octanol–water partition coefficient (Wildman–Crippen LogP) is 2.27. The highest BCUT2D eigenvalue weighted by Gasteiger charge is 2.41. The summed E-state index contributed by atoms with van der Waals surface area (Å²) in [5.74, 6) is 0.0677. The number of carbonyl (C=O) groups is 1. The Hall–Kier alpha value is -2.74. The van der Waals surface area contributed by atoms with Crippen LogP contribution in [0.25, 0.3) is 0 Å². The van der Waals surface area contributed by atoms with Crippen LogP contribution in [0.5, 0.6) is 5.75 Å².